The second-order valence-corrected chi connectivity index (χ2v) is 5.65. The molecular weight excluding hydrogens is 266 g/mol. The lowest BCUT2D eigenvalue weighted by molar-refractivity contribution is -0.120. The SMILES string of the molecule is Cc1[nH]c(=S)sc1CC(=O)NCc1cccnc1. The number of thiazole rings is 1. The van der Waals surface area contributed by atoms with Crippen LogP contribution in [0.15, 0.2) is 24.5 Å². The van der Waals surface area contributed by atoms with Crippen molar-refractivity contribution in [3.8, 4) is 0 Å². The number of aromatic nitrogens is 2. The van der Waals surface area contributed by atoms with Gasteiger partial charge in [-0.2, -0.15) is 0 Å². The number of carbonyl (C=O) groups is 1. The molecule has 2 heterocycles. The summed E-state index contributed by atoms with van der Waals surface area (Å²) in [4.78, 5) is 19.8. The molecule has 0 radical (unpaired) electrons. The van der Waals surface area contributed by atoms with Crippen molar-refractivity contribution in [2.24, 2.45) is 0 Å². The maximum atomic E-state index is 11.8. The molecular formula is C12H13N3OS2. The van der Waals surface area contributed by atoms with Crippen molar-refractivity contribution in [3.05, 3.63) is 44.6 Å². The Hall–Kier alpha value is -1.53. The van der Waals surface area contributed by atoms with Crippen LogP contribution in [0.1, 0.15) is 16.1 Å². The van der Waals surface area contributed by atoms with E-state index in [-0.39, 0.29) is 5.91 Å². The Morgan fingerprint density at radius 1 is 1.61 bits per heavy atom. The smallest absolute Gasteiger partial charge is 0.225 e. The quantitative estimate of drug-likeness (QED) is 0.845. The highest BCUT2D eigenvalue weighted by atomic mass is 32.1. The zero-order valence-electron chi connectivity index (χ0n) is 9.90. The number of hydrogen-bond acceptors (Lipinski definition) is 4. The normalized spacial score (nSPS) is 10.3. The summed E-state index contributed by atoms with van der Waals surface area (Å²) in [6.07, 6.45) is 3.82. The number of H-pyrrole nitrogens is 1. The van der Waals surface area contributed by atoms with E-state index in [9.17, 15) is 4.79 Å². The minimum Gasteiger partial charge on any atom is -0.352 e. The third kappa shape index (κ3) is 3.48. The Morgan fingerprint density at radius 2 is 2.44 bits per heavy atom. The molecule has 0 atom stereocenters. The Bertz CT molecular complexity index is 589. The van der Waals surface area contributed by atoms with Crippen LogP contribution in [-0.2, 0) is 17.8 Å². The molecule has 0 aliphatic heterocycles. The molecule has 18 heavy (non-hydrogen) atoms. The first kappa shape index (κ1) is 12.9. The van der Waals surface area contributed by atoms with Crippen molar-refractivity contribution < 1.29 is 4.79 Å². The molecule has 0 saturated carbocycles. The van der Waals surface area contributed by atoms with Gasteiger partial charge in [-0.3, -0.25) is 9.78 Å². The number of nitrogens with one attached hydrogen (secondary N) is 2. The lowest BCUT2D eigenvalue weighted by Crippen LogP contribution is -2.24. The van der Waals surface area contributed by atoms with E-state index in [4.69, 9.17) is 12.2 Å². The summed E-state index contributed by atoms with van der Waals surface area (Å²) < 4.78 is 0.711. The fourth-order valence-electron chi connectivity index (χ4n) is 1.52. The highest BCUT2D eigenvalue weighted by molar-refractivity contribution is 7.73. The van der Waals surface area contributed by atoms with Crippen LogP contribution >= 0.6 is 23.6 Å². The molecule has 0 saturated heterocycles. The van der Waals surface area contributed by atoms with Gasteiger partial charge < -0.3 is 10.3 Å². The largest absolute Gasteiger partial charge is 0.352 e. The van der Waals surface area contributed by atoms with Crippen LogP contribution in [0.25, 0.3) is 0 Å². The predicted octanol–water partition coefficient (Wildman–Crippen LogP) is 2.37. The van der Waals surface area contributed by atoms with Gasteiger partial charge in [-0.05, 0) is 30.8 Å². The third-order valence-electron chi connectivity index (χ3n) is 2.46. The molecule has 0 unspecified atom stereocenters. The fourth-order valence-corrected chi connectivity index (χ4v) is 2.81. The molecule has 2 aromatic rings. The van der Waals surface area contributed by atoms with Crippen molar-refractivity contribution in [1.82, 2.24) is 15.3 Å². The molecule has 6 heteroatoms. The van der Waals surface area contributed by atoms with E-state index < -0.39 is 0 Å². The molecule has 2 aromatic heterocycles. The van der Waals surface area contributed by atoms with Crippen LogP contribution in [0.5, 0.6) is 0 Å². The Labute approximate surface area is 114 Å². The van der Waals surface area contributed by atoms with Crippen molar-refractivity contribution >= 4 is 29.5 Å². The van der Waals surface area contributed by atoms with E-state index in [0.29, 0.717) is 16.9 Å². The number of carbonyl (C=O) groups excluding carboxylic acids is 1. The molecule has 4 nitrogen and oxygen atoms in total. The lowest BCUT2D eigenvalue weighted by Gasteiger charge is -2.04. The van der Waals surface area contributed by atoms with Crippen molar-refractivity contribution in [2.45, 2.75) is 19.9 Å². The summed E-state index contributed by atoms with van der Waals surface area (Å²) in [7, 11) is 0. The maximum absolute atomic E-state index is 11.8. The zero-order valence-corrected chi connectivity index (χ0v) is 11.5. The average molecular weight is 279 g/mol. The molecule has 0 aromatic carbocycles. The molecule has 94 valence electrons. The molecule has 0 aliphatic rings. The first-order chi connectivity index (χ1) is 8.65. The van der Waals surface area contributed by atoms with Crippen LogP contribution in [0.3, 0.4) is 0 Å². The lowest BCUT2D eigenvalue weighted by atomic mass is 10.2. The number of nitrogens with zero attached hydrogens (tertiary/aromatic N) is 1. The highest BCUT2D eigenvalue weighted by Gasteiger charge is 2.08. The van der Waals surface area contributed by atoms with E-state index >= 15 is 0 Å². The van der Waals surface area contributed by atoms with Gasteiger partial charge in [0.2, 0.25) is 5.91 Å². The van der Waals surface area contributed by atoms with Gasteiger partial charge >= 0.3 is 0 Å². The molecule has 2 rings (SSSR count). The van der Waals surface area contributed by atoms with Gasteiger partial charge in [0.05, 0.1) is 6.42 Å². The number of rotatable bonds is 4. The summed E-state index contributed by atoms with van der Waals surface area (Å²) in [6.45, 7) is 2.43. The second-order valence-electron chi connectivity index (χ2n) is 3.88. The molecule has 1 amide bonds. The van der Waals surface area contributed by atoms with E-state index in [1.165, 1.54) is 11.3 Å². The van der Waals surface area contributed by atoms with E-state index in [2.05, 4.69) is 15.3 Å². The predicted molar refractivity (Wildman–Crippen MR) is 74.0 cm³/mol. The van der Waals surface area contributed by atoms with E-state index in [1.807, 2.05) is 19.1 Å². The molecule has 0 fully saturated rings. The summed E-state index contributed by atoms with van der Waals surface area (Å²) in [5.41, 5.74) is 1.96. The molecule has 0 aliphatic carbocycles. The Balaban J connectivity index is 1.90. The van der Waals surface area contributed by atoms with Crippen LogP contribution < -0.4 is 5.32 Å². The van der Waals surface area contributed by atoms with Gasteiger partial charge in [0, 0.05) is 29.5 Å². The monoisotopic (exact) mass is 279 g/mol. The van der Waals surface area contributed by atoms with Crippen molar-refractivity contribution in [2.75, 3.05) is 0 Å². The molecule has 0 spiro atoms. The maximum Gasteiger partial charge on any atom is 0.225 e. The molecule has 0 bridgehead atoms. The van der Waals surface area contributed by atoms with Crippen molar-refractivity contribution in [3.63, 3.8) is 0 Å². The van der Waals surface area contributed by atoms with Crippen LogP contribution in [0.2, 0.25) is 0 Å². The molecule has 2 N–H and O–H groups in total. The second kappa shape index (κ2) is 5.88. The fraction of sp³-hybridized carbons (Fsp3) is 0.250. The number of amides is 1. The highest BCUT2D eigenvalue weighted by Crippen LogP contribution is 2.14. The standard InChI is InChI=1S/C12H13N3OS2/c1-8-10(18-12(17)15-8)5-11(16)14-7-9-3-2-4-13-6-9/h2-4,6H,5,7H2,1H3,(H,14,16)(H,15,17). The Morgan fingerprint density at radius 3 is 3.06 bits per heavy atom. The van der Waals surface area contributed by atoms with Gasteiger partial charge in [0.15, 0.2) is 3.95 Å². The summed E-state index contributed by atoms with van der Waals surface area (Å²) >= 11 is 6.49. The first-order valence-corrected chi connectivity index (χ1v) is 6.72. The first-order valence-electron chi connectivity index (χ1n) is 5.49. The minimum absolute atomic E-state index is 0.00722. The van der Waals surface area contributed by atoms with Gasteiger partial charge in [-0.15, -0.1) is 11.3 Å². The summed E-state index contributed by atoms with van der Waals surface area (Å²) in [5.74, 6) is -0.00722. The van der Waals surface area contributed by atoms with Crippen LogP contribution in [0, 0.1) is 10.9 Å². The minimum atomic E-state index is -0.00722. The topological polar surface area (TPSA) is 57.8 Å². The number of aryl methyl sites for hydroxylation is 1. The average Bonchev–Trinajstić information content (AvgIpc) is 2.67. The van der Waals surface area contributed by atoms with E-state index in [0.717, 1.165) is 16.1 Å². The van der Waals surface area contributed by atoms with Crippen LogP contribution in [0.4, 0.5) is 0 Å². The van der Waals surface area contributed by atoms with Crippen LogP contribution in [-0.4, -0.2) is 15.9 Å². The number of hydrogen-bond donors (Lipinski definition) is 2. The number of aromatic amines is 1. The van der Waals surface area contributed by atoms with Gasteiger partial charge in [0.25, 0.3) is 0 Å². The Kier molecular flexibility index (Phi) is 4.22. The van der Waals surface area contributed by atoms with Gasteiger partial charge in [0.1, 0.15) is 0 Å². The summed E-state index contributed by atoms with van der Waals surface area (Å²) in [5, 5.41) is 2.86. The number of pyridine rings is 1. The van der Waals surface area contributed by atoms with Gasteiger partial charge in [-0.1, -0.05) is 6.07 Å². The van der Waals surface area contributed by atoms with E-state index in [1.54, 1.807) is 12.4 Å². The zero-order chi connectivity index (χ0) is 13.0. The van der Waals surface area contributed by atoms with Gasteiger partial charge in [-0.25, -0.2) is 0 Å². The third-order valence-corrected chi connectivity index (χ3v) is 3.79. The summed E-state index contributed by atoms with van der Waals surface area (Å²) in [6, 6.07) is 3.78. The van der Waals surface area contributed by atoms with Crippen molar-refractivity contribution in [1.29, 1.82) is 0 Å².